The van der Waals surface area contributed by atoms with Gasteiger partial charge in [-0.1, -0.05) is 60.7 Å². The maximum atomic E-state index is 12.9. The molecule has 4 aromatic carbocycles. The summed E-state index contributed by atoms with van der Waals surface area (Å²) >= 11 is 5.37. The number of aromatic nitrogens is 2. The Bertz CT molecular complexity index is 1460. The van der Waals surface area contributed by atoms with Crippen LogP contribution >= 0.6 is 12.2 Å². The van der Waals surface area contributed by atoms with Gasteiger partial charge in [0.2, 0.25) is 4.77 Å². The Hall–Kier alpha value is -3.57. The molecule has 0 aliphatic carbocycles. The molecule has 0 atom stereocenters. The summed E-state index contributed by atoms with van der Waals surface area (Å²) in [6, 6.07) is 25.8. The smallest absolute Gasteiger partial charge is 0.282 e. The van der Waals surface area contributed by atoms with E-state index in [-0.39, 0.29) is 10.3 Å². The molecular formula is C23H15N3OS. The third kappa shape index (κ3) is 2.64. The van der Waals surface area contributed by atoms with Crippen molar-refractivity contribution in [2.45, 2.75) is 0 Å². The van der Waals surface area contributed by atoms with E-state index in [1.165, 1.54) is 4.68 Å². The molecule has 0 unspecified atom stereocenters. The van der Waals surface area contributed by atoms with E-state index < -0.39 is 0 Å². The van der Waals surface area contributed by atoms with Crippen molar-refractivity contribution in [1.82, 2.24) is 9.66 Å². The third-order valence-electron chi connectivity index (χ3n) is 4.90. The van der Waals surface area contributed by atoms with Crippen LogP contribution in [0.1, 0.15) is 5.56 Å². The predicted octanol–water partition coefficient (Wildman–Crippen LogP) is 5.25. The quantitative estimate of drug-likeness (QED) is 0.258. The highest BCUT2D eigenvalue weighted by Crippen LogP contribution is 2.27. The summed E-state index contributed by atoms with van der Waals surface area (Å²) in [5, 5.41) is 9.42. The molecule has 0 fully saturated rings. The zero-order valence-electron chi connectivity index (χ0n) is 14.8. The van der Waals surface area contributed by atoms with E-state index >= 15 is 0 Å². The molecule has 4 nitrogen and oxygen atoms in total. The number of aromatic amines is 1. The van der Waals surface area contributed by atoms with E-state index in [4.69, 9.17) is 12.2 Å². The zero-order chi connectivity index (χ0) is 19.1. The second-order valence-corrected chi connectivity index (χ2v) is 6.96. The van der Waals surface area contributed by atoms with Crippen molar-refractivity contribution in [3.8, 4) is 0 Å². The molecule has 28 heavy (non-hydrogen) atoms. The van der Waals surface area contributed by atoms with Gasteiger partial charge in [-0.25, -0.2) is 0 Å². The van der Waals surface area contributed by atoms with Gasteiger partial charge in [0.05, 0.1) is 17.1 Å². The van der Waals surface area contributed by atoms with E-state index in [1.54, 1.807) is 12.3 Å². The maximum Gasteiger partial charge on any atom is 0.282 e. The minimum Gasteiger partial charge on any atom is -0.330 e. The van der Waals surface area contributed by atoms with E-state index in [1.807, 2.05) is 42.5 Å². The van der Waals surface area contributed by atoms with E-state index in [0.29, 0.717) is 10.9 Å². The van der Waals surface area contributed by atoms with Crippen LogP contribution in [0.5, 0.6) is 0 Å². The number of benzene rings is 4. The minimum atomic E-state index is -0.236. The van der Waals surface area contributed by atoms with Crippen molar-refractivity contribution in [3.63, 3.8) is 0 Å². The lowest BCUT2D eigenvalue weighted by molar-refractivity contribution is 0.800. The number of fused-ring (bicyclic) bond motifs is 3. The van der Waals surface area contributed by atoms with E-state index in [2.05, 4.69) is 40.4 Å². The van der Waals surface area contributed by atoms with Crippen LogP contribution < -0.4 is 5.56 Å². The van der Waals surface area contributed by atoms with E-state index in [9.17, 15) is 4.79 Å². The first kappa shape index (κ1) is 16.6. The van der Waals surface area contributed by atoms with Gasteiger partial charge in [-0.2, -0.15) is 9.78 Å². The molecule has 0 saturated carbocycles. The van der Waals surface area contributed by atoms with Gasteiger partial charge in [0.15, 0.2) is 0 Å². The molecule has 5 rings (SSSR count). The first-order valence-electron chi connectivity index (χ1n) is 8.91. The number of para-hydroxylation sites is 1. The Morgan fingerprint density at radius 1 is 0.821 bits per heavy atom. The van der Waals surface area contributed by atoms with Gasteiger partial charge in [-0.05, 0) is 52.0 Å². The Kier molecular flexibility index (Phi) is 3.88. The fourth-order valence-electron chi connectivity index (χ4n) is 3.56. The average Bonchev–Trinajstić information content (AvgIpc) is 2.73. The van der Waals surface area contributed by atoms with Crippen LogP contribution in [0.4, 0.5) is 0 Å². The molecule has 0 spiro atoms. The lowest BCUT2D eigenvalue weighted by atomic mass is 9.97. The Morgan fingerprint density at radius 3 is 2.07 bits per heavy atom. The normalized spacial score (nSPS) is 11.7. The summed E-state index contributed by atoms with van der Waals surface area (Å²) in [6.07, 6.45) is 1.73. The molecule has 0 aliphatic heterocycles. The zero-order valence-corrected chi connectivity index (χ0v) is 15.6. The minimum absolute atomic E-state index is 0.236. The lowest BCUT2D eigenvalue weighted by Gasteiger charge is -2.08. The molecular weight excluding hydrogens is 366 g/mol. The molecule has 0 amide bonds. The van der Waals surface area contributed by atoms with Gasteiger partial charge in [-0.15, -0.1) is 0 Å². The average molecular weight is 381 g/mol. The summed E-state index contributed by atoms with van der Waals surface area (Å²) < 4.78 is 1.51. The first-order chi connectivity index (χ1) is 13.7. The highest BCUT2D eigenvalue weighted by molar-refractivity contribution is 7.71. The monoisotopic (exact) mass is 381 g/mol. The molecule has 1 N–H and O–H groups in total. The largest absolute Gasteiger partial charge is 0.330 e. The summed E-state index contributed by atoms with van der Waals surface area (Å²) in [7, 11) is 0. The number of hydrogen-bond donors (Lipinski definition) is 1. The predicted molar refractivity (Wildman–Crippen MR) is 118 cm³/mol. The van der Waals surface area contributed by atoms with Crippen LogP contribution in [0.15, 0.2) is 88.8 Å². The number of rotatable bonds is 2. The van der Waals surface area contributed by atoms with Crippen LogP contribution in [-0.2, 0) is 0 Å². The number of nitrogens with one attached hydrogen (secondary N) is 1. The van der Waals surface area contributed by atoms with E-state index in [0.717, 1.165) is 27.1 Å². The molecule has 0 saturated heterocycles. The third-order valence-corrected chi connectivity index (χ3v) is 5.17. The van der Waals surface area contributed by atoms with Gasteiger partial charge in [-0.3, -0.25) is 4.79 Å². The van der Waals surface area contributed by atoms with Gasteiger partial charge >= 0.3 is 0 Å². The Morgan fingerprint density at radius 2 is 1.39 bits per heavy atom. The second kappa shape index (κ2) is 6.55. The van der Waals surface area contributed by atoms with Gasteiger partial charge in [0, 0.05) is 5.56 Å². The van der Waals surface area contributed by atoms with Crippen molar-refractivity contribution in [2.24, 2.45) is 5.10 Å². The molecule has 1 heterocycles. The van der Waals surface area contributed by atoms with Crippen molar-refractivity contribution in [3.05, 3.63) is 99.6 Å². The molecule has 5 aromatic rings. The molecule has 134 valence electrons. The topological polar surface area (TPSA) is 50.1 Å². The SMILES string of the molecule is O=c1c2ccccc2[nH]c(=S)n1/N=C\c1c2ccccc2cc2ccccc12. The Labute approximate surface area is 165 Å². The molecule has 0 bridgehead atoms. The molecule has 1 aromatic heterocycles. The van der Waals surface area contributed by atoms with Gasteiger partial charge < -0.3 is 4.98 Å². The summed E-state index contributed by atoms with van der Waals surface area (Å²) in [6.45, 7) is 0. The number of nitrogens with zero attached hydrogens (tertiary/aromatic N) is 2. The summed E-state index contributed by atoms with van der Waals surface area (Å²) in [5.41, 5.74) is 1.43. The van der Waals surface area contributed by atoms with Crippen LogP contribution in [0.3, 0.4) is 0 Å². The summed E-state index contributed by atoms with van der Waals surface area (Å²) in [5.74, 6) is 0. The summed E-state index contributed by atoms with van der Waals surface area (Å²) in [4.78, 5) is 15.9. The molecule has 0 radical (unpaired) electrons. The molecule has 0 aliphatic rings. The van der Waals surface area contributed by atoms with Crippen LogP contribution in [0.25, 0.3) is 32.4 Å². The standard InChI is InChI=1S/C23H15N3OS/c27-22-19-11-5-6-12-21(19)25-23(28)26(22)24-14-20-17-9-3-1-7-15(17)13-16-8-2-4-10-18(16)20/h1-14H,(H,25,28)/b24-14-. The van der Waals surface area contributed by atoms with Crippen molar-refractivity contribution in [1.29, 1.82) is 0 Å². The highest BCUT2D eigenvalue weighted by Gasteiger charge is 2.07. The van der Waals surface area contributed by atoms with Crippen LogP contribution in [0, 0.1) is 4.77 Å². The van der Waals surface area contributed by atoms with Gasteiger partial charge in [0.25, 0.3) is 5.56 Å². The number of H-pyrrole nitrogens is 1. The second-order valence-electron chi connectivity index (χ2n) is 6.57. The fraction of sp³-hybridized carbons (Fsp3) is 0. The van der Waals surface area contributed by atoms with Crippen LogP contribution in [0.2, 0.25) is 0 Å². The van der Waals surface area contributed by atoms with Crippen LogP contribution in [-0.4, -0.2) is 15.9 Å². The first-order valence-corrected chi connectivity index (χ1v) is 9.32. The lowest BCUT2D eigenvalue weighted by Crippen LogP contribution is -2.18. The van der Waals surface area contributed by atoms with Crippen molar-refractivity contribution in [2.75, 3.05) is 0 Å². The van der Waals surface area contributed by atoms with Crippen molar-refractivity contribution < 1.29 is 0 Å². The molecule has 5 heteroatoms. The van der Waals surface area contributed by atoms with Gasteiger partial charge in [0.1, 0.15) is 0 Å². The Balaban J connectivity index is 1.79. The highest BCUT2D eigenvalue weighted by atomic mass is 32.1. The van der Waals surface area contributed by atoms with Crippen molar-refractivity contribution >= 4 is 50.9 Å². The maximum absolute atomic E-state index is 12.9. The number of hydrogen-bond acceptors (Lipinski definition) is 3. The fourth-order valence-corrected chi connectivity index (χ4v) is 3.80.